The summed E-state index contributed by atoms with van der Waals surface area (Å²) in [6.45, 7) is 0.819. The van der Waals surface area contributed by atoms with Crippen LogP contribution in [0.5, 0.6) is 0 Å². The van der Waals surface area contributed by atoms with E-state index in [4.69, 9.17) is 0 Å². The molecule has 1 aromatic carbocycles. The number of nitrogens with zero attached hydrogens (tertiary/aromatic N) is 4. The van der Waals surface area contributed by atoms with Gasteiger partial charge in [-0.05, 0) is 48.4 Å². The lowest BCUT2D eigenvalue weighted by molar-refractivity contribution is 0.920. The van der Waals surface area contributed by atoms with Gasteiger partial charge in [-0.25, -0.2) is 9.50 Å². The van der Waals surface area contributed by atoms with Crippen molar-refractivity contribution in [3.05, 3.63) is 77.2 Å². The molecule has 6 heteroatoms. The molecule has 0 aliphatic rings. The van der Waals surface area contributed by atoms with Crippen molar-refractivity contribution < 1.29 is 0 Å². The number of benzene rings is 1. The van der Waals surface area contributed by atoms with E-state index in [2.05, 4.69) is 60.6 Å². The lowest BCUT2D eigenvalue weighted by Gasteiger charge is -2.07. The number of pyridine rings is 1. The van der Waals surface area contributed by atoms with E-state index in [0.29, 0.717) is 0 Å². The van der Waals surface area contributed by atoms with Crippen LogP contribution in [0.2, 0.25) is 0 Å². The Labute approximate surface area is 153 Å². The Morgan fingerprint density at radius 2 is 1.76 bits per heavy atom. The molecule has 5 nitrogen and oxygen atoms in total. The van der Waals surface area contributed by atoms with Crippen LogP contribution in [0.25, 0.3) is 16.9 Å². The SMILES string of the molecule is Brc1ccc(CCNc2ccc3ncc(-c4ccncc4)n3n2)cc1. The van der Waals surface area contributed by atoms with E-state index in [1.54, 1.807) is 12.4 Å². The Morgan fingerprint density at radius 1 is 0.960 bits per heavy atom. The number of halogens is 1. The number of nitrogens with one attached hydrogen (secondary N) is 1. The molecule has 0 amide bonds. The van der Waals surface area contributed by atoms with E-state index in [-0.39, 0.29) is 0 Å². The standard InChI is InChI=1S/C19H16BrN5/c20-16-3-1-14(2-4-16)7-12-22-18-5-6-19-23-13-17(25(19)24-18)15-8-10-21-11-9-15/h1-6,8-11,13H,7,12H2,(H,22,24). The van der Waals surface area contributed by atoms with Crippen molar-refractivity contribution in [2.45, 2.75) is 6.42 Å². The third kappa shape index (κ3) is 3.53. The van der Waals surface area contributed by atoms with Gasteiger partial charge in [0.2, 0.25) is 0 Å². The Morgan fingerprint density at radius 3 is 2.56 bits per heavy atom. The normalized spacial score (nSPS) is 10.9. The predicted molar refractivity (Wildman–Crippen MR) is 103 cm³/mol. The van der Waals surface area contributed by atoms with Crippen molar-refractivity contribution in [2.24, 2.45) is 0 Å². The van der Waals surface area contributed by atoms with Gasteiger partial charge in [-0.1, -0.05) is 28.1 Å². The molecule has 0 saturated heterocycles. The number of rotatable bonds is 5. The van der Waals surface area contributed by atoms with E-state index < -0.39 is 0 Å². The zero-order valence-corrected chi connectivity index (χ0v) is 15.0. The molecule has 3 heterocycles. The molecule has 0 bridgehead atoms. The Bertz CT molecular complexity index is 980. The van der Waals surface area contributed by atoms with Crippen LogP contribution in [-0.4, -0.2) is 26.1 Å². The number of anilines is 1. The largest absolute Gasteiger partial charge is 0.368 e. The topological polar surface area (TPSA) is 55.1 Å². The molecular formula is C19H16BrN5. The molecule has 124 valence electrons. The quantitative estimate of drug-likeness (QED) is 0.551. The maximum atomic E-state index is 4.67. The summed E-state index contributed by atoms with van der Waals surface area (Å²) in [6.07, 6.45) is 6.32. The maximum Gasteiger partial charge on any atom is 0.154 e. The smallest absolute Gasteiger partial charge is 0.154 e. The molecule has 3 aromatic heterocycles. The monoisotopic (exact) mass is 393 g/mol. The van der Waals surface area contributed by atoms with E-state index in [1.165, 1.54) is 5.56 Å². The minimum absolute atomic E-state index is 0.819. The molecule has 4 rings (SSSR count). The molecule has 0 aliphatic carbocycles. The van der Waals surface area contributed by atoms with Gasteiger partial charge in [-0.15, -0.1) is 5.10 Å². The molecule has 1 N–H and O–H groups in total. The lowest BCUT2D eigenvalue weighted by Crippen LogP contribution is -2.08. The van der Waals surface area contributed by atoms with E-state index in [0.717, 1.165) is 40.2 Å². The second-order valence-corrected chi connectivity index (χ2v) is 6.59. The van der Waals surface area contributed by atoms with Crippen LogP contribution in [0.3, 0.4) is 0 Å². The fourth-order valence-corrected chi connectivity index (χ4v) is 2.94. The highest BCUT2D eigenvalue weighted by Gasteiger charge is 2.07. The van der Waals surface area contributed by atoms with Crippen molar-refractivity contribution in [1.29, 1.82) is 0 Å². The first-order valence-electron chi connectivity index (χ1n) is 8.03. The van der Waals surface area contributed by atoms with Crippen LogP contribution >= 0.6 is 15.9 Å². The van der Waals surface area contributed by atoms with Gasteiger partial charge >= 0.3 is 0 Å². The van der Waals surface area contributed by atoms with Gasteiger partial charge in [-0.2, -0.15) is 0 Å². The summed E-state index contributed by atoms with van der Waals surface area (Å²) in [5.41, 5.74) is 4.11. The van der Waals surface area contributed by atoms with Gasteiger partial charge in [0.1, 0.15) is 5.82 Å². The van der Waals surface area contributed by atoms with Gasteiger partial charge in [0.15, 0.2) is 5.65 Å². The van der Waals surface area contributed by atoms with Gasteiger partial charge in [0, 0.05) is 29.0 Å². The summed E-state index contributed by atoms with van der Waals surface area (Å²) in [5.74, 6) is 0.831. The highest BCUT2D eigenvalue weighted by molar-refractivity contribution is 9.10. The van der Waals surface area contributed by atoms with E-state index >= 15 is 0 Å². The van der Waals surface area contributed by atoms with Crippen molar-refractivity contribution in [3.8, 4) is 11.3 Å². The summed E-state index contributed by atoms with van der Waals surface area (Å²) in [4.78, 5) is 8.48. The molecule has 0 aliphatic heterocycles. The summed E-state index contributed by atoms with van der Waals surface area (Å²) in [7, 11) is 0. The zero-order chi connectivity index (χ0) is 17.1. The highest BCUT2D eigenvalue weighted by atomic mass is 79.9. The van der Waals surface area contributed by atoms with Crippen LogP contribution in [-0.2, 0) is 6.42 Å². The average molecular weight is 394 g/mol. The number of fused-ring (bicyclic) bond motifs is 1. The maximum absolute atomic E-state index is 4.67. The van der Waals surface area contributed by atoms with Crippen molar-refractivity contribution in [1.82, 2.24) is 19.6 Å². The van der Waals surface area contributed by atoms with Crippen LogP contribution < -0.4 is 5.32 Å². The van der Waals surface area contributed by atoms with E-state index in [1.807, 2.05) is 35.0 Å². The second-order valence-electron chi connectivity index (χ2n) is 5.67. The third-order valence-corrected chi connectivity index (χ3v) is 4.50. The van der Waals surface area contributed by atoms with Crippen molar-refractivity contribution in [3.63, 3.8) is 0 Å². The molecule has 0 atom stereocenters. The third-order valence-electron chi connectivity index (χ3n) is 3.97. The molecule has 25 heavy (non-hydrogen) atoms. The molecule has 0 spiro atoms. The first kappa shape index (κ1) is 15.8. The van der Waals surface area contributed by atoms with E-state index in [9.17, 15) is 0 Å². The van der Waals surface area contributed by atoms with Crippen molar-refractivity contribution >= 4 is 27.4 Å². The fraction of sp³-hybridized carbons (Fsp3) is 0.105. The number of hydrogen-bond acceptors (Lipinski definition) is 4. The molecule has 4 aromatic rings. The Balaban J connectivity index is 1.51. The number of aromatic nitrogens is 4. The van der Waals surface area contributed by atoms with Gasteiger partial charge in [-0.3, -0.25) is 4.98 Å². The Kier molecular flexibility index (Phi) is 4.43. The number of hydrogen-bond donors (Lipinski definition) is 1. The lowest BCUT2D eigenvalue weighted by atomic mass is 10.1. The van der Waals surface area contributed by atoms with Crippen LogP contribution in [0.4, 0.5) is 5.82 Å². The summed E-state index contributed by atoms with van der Waals surface area (Å²) < 4.78 is 2.96. The average Bonchev–Trinajstić information content (AvgIpc) is 3.07. The summed E-state index contributed by atoms with van der Waals surface area (Å²) in [5, 5.41) is 8.06. The van der Waals surface area contributed by atoms with Gasteiger partial charge < -0.3 is 5.32 Å². The minimum atomic E-state index is 0.819. The van der Waals surface area contributed by atoms with Crippen LogP contribution in [0.1, 0.15) is 5.56 Å². The van der Waals surface area contributed by atoms with Crippen molar-refractivity contribution in [2.75, 3.05) is 11.9 Å². The van der Waals surface area contributed by atoms with Gasteiger partial charge in [0.05, 0.1) is 11.9 Å². The first-order chi connectivity index (χ1) is 12.3. The van der Waals surface area contributed by atoms with Crippen LogP contribution in [0.15, 0.2) is 71.6 Å². The predicted octanol–water partition coefficient (Wildman–Crippen LogP) is 4.21. The van der Waals surface area contributed by atoms with Gasteiger partial charge in [0.25, 0.3) is 0 Å². The van der Waals surface area contributed by atoms with Crippen LogP contribution in [0, 0.1) is 0 Å². The first-order valence-corrected chi connectivity index (χ1v) is 8.82. The molecular weight excluding hydrogens is 378 g/mol. The zero-order valence-electron chi connectivity index (χ0n) is 13.4. The molecule has 0 saturated carbocycles. The Hall–Kier alpha value is -2.73. The summed E-state index contributed by atoms with van der Waals surface area (Å²) in [6, 6.07) is 16.2. The minimum Gasteiger partial charge on any atom is -0.368 e. The summed E-state index contributed by atoms with van der Waals surface area (Å²) >= 11 is 3.46. The fourth-order valence-electron chi connectivity index (χ4n) is 2.67. The molecule has 0 radical (unpaired) electrons. The highest BCUT2D eigenvalue weighted by Crippen LogP contribution is 2.20. The second kappa shape index (κ2) is 7.03. The molecule has 0 fully saturated rings. The number of imidazole rings is 1. The molecule has 0 unspecified atom stereocenters.